The van der Waals surface area contributed by atoms with Gasteiger partial charge in [0.25, 0.3) is 0 Å². The molecule has 0 atom stereocenters. The molecule has 0 spiro atoms. The minimum absolute atomic E-state index is 0.156. The largest absolute Gasteiger partial charge is 0.496 e. The van der Waals surface area contributed by atoms with Gasteiger partial charge < -0.3 is 10.1 Å². The van der Waals surface area contributed by atoms with Gasteiger partial charge in [0.2, 0.25) is 0 Å². The van der Waals surface area contributed by atoms with Gasteiger partial charge in [0.15, 0.2) is 0 Å². The molecule has 2 heteroatoms. The summed E-state index contributed by atoms with van der Waals surface area (Å²) >= 11 is 0. The maximum absolute atomic E-state index is 5.40. The summed E-state index contributed by atoms with van der Waals surface area (Å²) in [6.07, 6.45) is 2.68. The molecule has 2 rings (SSSR count). The van der Waals surface area contributed by atoms with Crippen molar-refractivity contribution in [1.29, 1.82) is 0 Å². The van der Waals surface area contributed by atoms with Gasteiger partial charge in [-0.05, 0) is 37.0 Å². The summed E-state index contributed by atoms with van der Waals surface area (Å²) < 4.78 is 5.40. The average molecular weight is 233 g/mol. The molecule has 94 valence electrons. The predicted octanol–water partition coefficient (Wildman–Crippen LogP) is 3.03. The zero-order valence-electron chi connectivity index (χ0n) is 11.3. The van der Waals surface area contributed by atoms with E-state index in [2.05, 4.69) is 44.3 Å². The van der Waals surface area contributed by atoms with Crippen LogP contribution in [0.5, 0.6) is 5.75 Å². The Balaban J connectivity index is 2.12. The molecule has 1 saturated carbocycles. The van der Waals surface area contributed by atoms with Crippen LogP contribution in [0.25, 0.3) is 0 Å². The standard InChI is InChI=1S/C15H23NO/c1-11-5-6-12(9-14(11)17-4)15(2,3)10-16-13-7-8-13/h5-6,9,13,16H,7-8,10H2,1-4H3. The van der Waals surface area contributed by atoms with Crippen LogP contribution in [-0.4, -0.2) is 19.7 Å². The summed E-state index contributed by atoms with van der Waals surface area (Å²) in [6.45, 7) is 7.68. The smallest absolute Gasteiger partial charge is 0.122 e. The molecule has 17 heavy (non-hydrogen) atoms. The second-order valence-corrected chi connectivity index (χ2v) is 5.72. The van der Waals surface area contributed by atoms with Crippen molar-refractivity contribution in [2.75, 3.05) is 13.7 Å². The first kappa shape index (κ1) is 12.4. The van der Waals surface area contributed by atoms with Crippen LogP contribution in [0, 0.1) is 6.92 Å². The number of ether oxygens (including phenoxy) is 1. The summed E-state index contributed by atoms with van der Waals surface area (Å²) in [4.78, 5) is 0. The van der Waals surface area contributed by atoms with E-state index in [1.807, 2.05) is 0 Å². The average Bonchev–Trinajstić information content (AvgIpc) is 3.10. The number of hydrogen-bond donors (Lipinski definition) is 1. The van der Waals surface area contributed by atoms with Crippen molar-refractivity contribution in [3.63, 3.8) is 0 Å². The van der Waals surface area contributed by atoms with E-state index in [1.54, 1.807) is 7.11 Å². The summed E-state index contributed by atoms with van der Waals surface area (Å²) in [5.41, 5.74) is 2.69. The molecule has 0 aliphatic heterocycles. The molecule has 0 unspecified atom stereocenters. The van der Waals surface area contributed by atoms with Crippen molar-refractivity contribution in [1.82, 2.24) is 5.32 Å². The monoisotopic (exact) mass is 233 g/mol. The molecular formula is C15H23NO. The quantitative estimate of drug-likeness (QED) is 0.844. The molecule has 1 aliphatic rings. The van der Waals surface area contributed by atoms with E-state index in [1.165, 1.54) is 24.0 Å². The molecule has 1 aromatic carbocycles. The van der Waals surface area contributed by atoms with E-state index in [0.717, 1.165) is 18.3 Å². The van der Waals surface area contributed by atoms with E-state index in [0.29, 0.717) is 0 Å². The molecule has 1 N–H and O–H groups in total. The number of benzene rings is 1. The molecule has 0 amide bonds. The van der Waals surface area contributed by atoms with E-state index in [-0.39, 0.29) is 5.41 Å². The Hall–Kier alpha value is -1.02. The van der Waals surface area contributed by atoms with E-state index in [9.17, 15) is 0 Å². The van der Waals surface area contributed by atoms with Gasteiger partial charge in [-0.3, -0.25) is 0 Å². The third kappa shape index (κ3) is 3.01. The molecular weight excluding hydrogens is 210 g/mol. The Labute approximate surface area is 104 Å². The van der Waals surface area contributed by atoms with Gasteiger partial charge in [-0.1, -0.05) is 26.0 Å². The normalized spacial score (nSPS) is 16.0. The topological polar surface area (TPSA) is 21.3 Å². The molecule has 0 saturated heterocycles. The van der Waals surface area contributed by atoms with Gasteiger partial charge in [0, 0.05) is 18.0 Å². The third-order valence-electron chi connectivity index (χ3n) is 3.60. The second-order valence-electron chi connectivity index (χ2n) is 5.72. The van der Waals surface area contributed by atoms with E-state index < -0.39 is 0 Å². The summed E-state index contributed by atoms with van der Waals surface area (Å²) in [5, 5.41) is 3.61. The first-order valence-corrected chi connectivity index (χ1v) is 6.41. The van der Waals surface area contributed by atoms with Crippen LogP contribution >= 0.6 is 0 Å². The summed E-state index contributed by atoms with van der Waals surface area (Å²) in [5.74, 6) is 0.988. The lowest BCUT2D eigenvalue weighted by molar-refractivity contribution is 0.407. The first-order chi connectivity index (χ1) is 8.03. The zero-order valence-corrected chi connectivity index (χ0v) is 11.3. The molecule has 0 bridgehead atoms. The minimum atomic E-state index is 0.156. The minimum Gasteiger partial charge on any atom is -0.496 e. The van der Waals surface area contributed by atoms with Gasteiger partial charge in [-0.15, -0.1) is 0 Å². The van der Waals surface area contributed by atoms with Crippen molar-refractivity contribution in [3.05, 3.63) is 29.3 Å². The van der Waals surface area contributed by atoms with Crippen molar-refractivity contribution >= 4 is 0 Å². The van der Waals surface area contributed by atoms with Gasteiger partial charge >= 0.3 is 0 Å². The van der Waals surface area contributed by atoms with Crippen LogP contribution in [0.3, 0.4) is 0 Å². The van der Waals surface area contributed by atoms with Crippen LogP contribution < -0.4 is 10.1 Å². The van der Waals surface area contributed by atoms with E-state index >= 15 is 0 Å². The maximum atomic E-state index is 5.40. The van der Waals surface area contributed by atoms with Crippen LogP contribution in [0.4, 0.5) is 0 Å². The molecule has 0 radical (unpaired) electrons. The molecule has 1 fully saturated rings. The highest BCUT2D eigenvalue weighted by molar-refractivity contribution is 5.39. The fourth-order valence-electron chi connectivity index (χ4n) is 2.03. The zero-order chi connectivity index (χ0) is 12.5. The lowest BCUT2D eigenvalue weighted by Gasteiger charge is -2.26. The van der Waals surface area contributed by atoms with Gasteiger partial charge in [0.05, 0.1) is 7.11 Å². The predicted molar refractivity (Wildman–Crippen MR) is 71.8 cm³/mol. The van der Waals surface area contributed by atoms with Crippen LogP contribution in [0.2, 0.25) is 0 Å². The Morgan fingerprint density at radius 1 is 1.35 bits per heavy atom. The third-order valence-corrected chi connectivity index (χ3v) is 3.60. The van der Waals surface area contributed by atoms with Gasteiger partial charge in [-0.25, -0.2) is 0 Å². The van der Waals surface area contributed by atoms with Crippen molar-refractivity contribution in [2.45, 2.75) is 45.1 Å². The Morgan fingerprint density at radius 2 is 2.06 bits per heavy atom. The Bertz CT molecular complexity index is 394. The van der Waals surface area contributed by atoms with Gasteiger partial charge in [0.1, 0.15) is 5.75 Å². The molecule has 0 aromatic heterocycles. The van der Waals surface area contributed by atoms with E-state index in [4.69, 9.17) is 4.74 Å². The fourth-order valence-corrected chi connectivity index (χ4v) is 2.03. The highest BCUT2D eigenvalue weighted by Gasteiger charge is 2.26. The molecule has 0 heterocycles. The van der Waals surface area contributed by atoms with Crippen molar-refractivity contribution < 1.29 is 4.74 Å². The Kier molecular flexibility index (Phi) is 3.43. The first-order valence-electron chi connectivity index (χ1n) is 6.41. The number of methoxy groups -OCH3 is 1. The van der Waals surface area contributed by atoms with Crippen molar-refractivity contribution in [2.24, 2.45) is 0 Å². The number of aryl methyl sites for hydroxylation is 1. The lowest BCUT2D eigenvalue weighted by Crippen LogP contribution is -2.34. The highest BCUT2D eigenvalue weighted by Crippen LogP contribution is 2.29. The number of rotatable bonds is 5. The molecule has 2 nitrogen and oxygen atoms in total. The summed E-state index contributed by atoms with van der Waals surface area (Å²) in [7, 11) is 1.74. The number of nitrogens with one attached hydrogen (secondary N) is 1. The van der Waals surface area contributed by atoms with Crippen LogP contribution in [-0.2, 0) is 5.41 Å². The maximum Gasteiger partial charge on any atom is 0.122 e. The SMILES string of the molecule is COc1cc(C(C)(C)CNC2CC2)ccc1C. The van der Waals surface area contributed by atoms with Gasteiger partial charge in [-0.2, -0.15) is 0 Å². The van der Waals surface area contributed by atoms with Crippen molar-refractivity contribution in [3.8, 4) is 5.75 Å². The molecule has 1 aromatic rings. The number of hydrogen-bond acceptors (Lipinski definition) is 2. The molecule has 1 aliphatic carbocycles. The highest BCUT2D eigenvalue weighted by atomic mass is 16.5. The van der Waals surface area contributed by atoms with Crippen LogP contribution in [0.1, 0.15) is 37.8 Å². The second kappa shape index (κ2) is 4.69. The fraction of sp³-hybridized carbons (Fsp3) is 0.600. The lowest BCUT2D eigenvalue weighted by atomic mass is 9.84. The Morgan fingerprint density at radius 3 is 2.65 bits per heavy atom. The van der Waals surface area contributed by atoms with Crippen LogP contribution in [0.15, 0.2) is 18.2 Å². The summed E-state index contributed by atoms with van der Waals surface area (Å²) in [6, 6.07) is 7.30.